The molecular formula is H5Na2O9SeV-5. The molecule has 0 aliphatic heterocycles. The van der Waals surface area contributed by atoms with Gasteiger partial charge >= 0.3 is 88.5 Å². The van der Waals surface area contributed by atoms with Crippen molar-refractivity contribution in [2.75, 3.05) is 0 Å². The van der Waals surface area contributed by atoms with Crippen LogP contribution in [0.15, 0.2) is 0 Å². The van der Waals surface area contributed by atoms with E-state index in [9.17, 15) is 0 Å². The van der Waals surface area contributed by atoms with Gasteiger partial charge in [0.25, 0.3) is 0 Å². The maximum atomic E-state index is 8.59. The van der Waals surface area contributed by atoms with E-state index < -0.39 is 13.4 Å². The molecule has 0 unspecified atom stereocenters. The van der Waals surface area contributed by atoms with Crippen molar-refractivity contribution < 1.29 is 121 Å². The SMILES string of the molecule is O.O.O=[Se](=O)([O-])[O-].[Na+].[Na+].[O-2].[O-2].[OH-].[V]. The minimum absolute atomic E-state index is 0. The first kappa shape index (κ1) is 77.8. The Bertz CT molecular complexity index is 101. The summed E-state index contributed by atoms with van der Waals surface area (Å²) in [6, 6.07) is 0. The van der Waals surface area contributed by atoms with E-state index >= 15 is 0 Å². The average molecular weight is 325 g/mol. The summed E-state index contributed by atoms with van der Waals surface area (Å²) in [4.78, 5) is 0. The molecule has 0 atom stereocenters. The Labute approximate surface area is 133 Å². The molecule has 5 N–H and O–H groups in total. The standard InChI is InChI=1S/2Na.H2O4Se.3H2O.2O.V/c;;1-5(2,3)4;;;;;;/h;;(H2,1,2,3,4);3*1H2;;;/q2*+1;;;;;2*-2;/p-3. The molecule has 9 nitrogen and oxygen atoms in total. The first-order valence-electron chi connectivity index (χ1n) is 0.667. The molecule has 1 radical (unpaired) electrons. The Morgan fingerprint density at radius 3 is 0.846 bits per heavy atom. The minimum Gasteiger partial charge on any atom is -2.00 e. The number of hydrogen-bond donors (Lipinski definition) is 0. The summed E-state index contributed by atoms with van der Waals surface area (Å²) in [5.74, 6) is 0. The van der Waals surface area contributed by atoms with Crippen LogP contribution in [0.5, 0.6) is 0 Å². The monoisotopic (exact) mass is 326 g/mol. The van der Waals surface area contributed by atoms with E-state index in [4.69, 9.17) is 16.0 Å². The maximum Gasteiger partial charge on any atom is 1.00 e. The van der Waals surface area contributed by atoms with E-state index in [1.807, 2.05) is 0 Å². The molecule has 13 heteroatoms. The van der Waals surface area contributed by atoms with Crippen molar-refractivity contribution in [3.8, 4) is 0 Å². The average Bonchev–Trinajstić information content (AvgIpc) is 0.722. The topological polar surface area (TPSA) is 230 Å². The predicted octanol–water partition coefficient (Wildman–Crippen LogP) is -11.1. The summed E-state index contributed by atoms with van der Waals surface area (Å²) in [6.07, 6.45) is 0. The second-order valence-electron chi connectivity index (χ2n) is 0.408. The smallest absolute Gasteiger partial charge is 1.00 e. The zero-order valence-electron chi connectivity index (χ0n) is 6.75. The first-order chi connectivity index (χ1) is 2.00. The fourth-order valence-electron chi connectivity index (χ4n) is 0. The predicted molar refractivity (Wildman–Crippen MR) is 17.7 cm³/mol. The van der Waals surface area contributed by atoms with Gasteiger partial charge in [-0.15, -0.1) is 0 Å². The zero-order valence-corrected chi connectivity index (χ0v) is 13.9. The first-order valence-corrected chi connectivity index (χ1v) is 3.46. The van der Waals surface area contributed by atoms with Crippen LogP contribution in [-0.2, 0) is 37.2 Å². The Kier molecular flexibility index (Phi) is 219. The van der Waals surface area contributed by atoms with Crippen LogP contribution < -0.4 is 67.5 Å². The second-order valence-corrected chi connectivity index (χ2v) is 2.12. The molecule has 0 fully saturated rings. The summed E-state index contributed by atoms with van der Waals surface area (Å²) in [5, 5.41) is 0. The van der Waals surface area contributed by atoms with Crippen LogP contribution in [-0.4, -0.2) is 29.8 Å². The molecule has 77 valence electrons. The van der Waals surface area contributed by atoms with Crippen molar-refractivity contribution in [1.29, 1.82) is 0 Å². The van der Waals surface area contributed by atoms with Crippen LogP contribution >= 0.6 is 0 Å². The zero-order chi connectivity index (χ0) is 4.50. The van der Waals surface area contributed by atoms with Gasteiger partial charge in [0.15, 0.2) is 0 Å². The van der Waals surface area contributed by atoms with Gasteiger partial charge in [-0.2, -0.15) is 0 Å². The van der Waals surface area contributed by atoms with Crippen LogP contribution in [0, 0.1) is 0 Å². The van der Waals surface area contributed by atoms with Gasteiger partial charge in [0.1, 0.15) is 0 Å². The van der Waals surface area contributed by atoms with Gasteiger partial charge < -0.3 is 27.4 Å². The van der Waals surface area contributed by atoms with E-state index in [2.05, 4.69) is 0 Å². The normalized spacial score (nSPS) is 4.46. The van der Waals surface area contributed by atoms with Gasteiger partial charge in [-0.25, -0.2) is 0 Å². The minimum atomic E-state index is -5.75. The third kappa shape index (κ3) is 379. The third-order valence-corrected chi connectivity index (χ3v) is 0. The van der Waals surface area contributed by atoms with Crippen LogP contribution in [0.25, 0.3) is 0 Å². The van der Waals surface area contributed by atoms with Crippen molar-refractivity contribution >= 4 is 13.4 Å². The second kappa shape index (κ2) is 36.6. The Morgan fingerprint density at radius 1 is 0.846 bits per heavy atom. The molecule has 0 bridgehead atoms. The van der Waals surface area contributed by atoms with Crippen LogP contribution in [0.1, 0.15) is 0 Å². The molecular weight excluding hydrogens is 320 g/mol. The fraction of sp³-hybridized carbons (Fsp3) is 0. The molecule has 0 aromatic heterocycles. The van der Waals surface area contributed by atoms with Crippen LogP contribution in [0.4, 0.5) is 0 Å². The van der Waals surface area contributed by atoms with Gasteiger partial charge in [-0.3, -0.25) is 0 Å². The quantitative estimate of drug-likeness (QED) is 0.393. The largest absolute Gasteiger partial charge is 2.00 e. The molecule has 0 aliphatic rings. The summed E-state index contributed by atoms with van der Waals surface area (Å²) in [7, 11) is 0. The van der Waals surface area contributed by atoms with E-state index in [1.165, 1.54) is 0 Å². The van der Waals surface area contributed by atoms with Gasteiger partial charge in [0.2, 0.25) is 0 Å². The Hall–Kier alpha value is 2.42. The van der Waals surface area contributed by atoms with Crippen LogP contribution in [0.2, 0.25) is 0 Å². The molecule has 0 heterocycles. The molecule has 0 aliphatic carbocycles. The fourth-order valence-corrected chi connectivity index (χ4v) is 0. The van der Waals surface area contributed by atoms with Gasteiger partial charge in [-0.1, -0.05) is 0 Å². The number of hydrogen-bond acceptors (Lipinski definition) is 5. The van der Waals surface area contributed by atoms with E-state index in [-0.39, 0.29) is 105 Å². The van der Waals surface area contributed by atoms with Crippen LogP contribution in [0.3, 0.4) is 0 Å². The number of rotatable bonds is 0. The van der Waals surface area contributed by atoms with E-state index in [1.54, 1.807) is 0 Å². The molecule has 0 saturated carbocycles. The van der Waals surface area contributed by atoms with Gasteiger partial charge in [0, 0.05) is 18.6 Å². The van der Waals surface area contributed by atoms with Crippen molar-refractivity contribution in [2.45, 2.75) is 0 Å². The van der Waals surface area contributed by atoms with Crippen molar-refractivity contribution in [3.05, 3.63) is 0 Å². The molecule has 0 spiro atoms. The molecule has 0 aromatic carbocycles. The van der Waals surface area contributed by atoms with E-state index in [0.29, 0.717) is 0 Å². The summed E-state index contributed by atoms with van der Waals surface area (Å²) < 4.78 is 34.4. The Balaban J connectivity index is -0.00000000286. The molecule has 0 saturated heterocycles. The molecule has 0 amide bonds. The van der Waals surface area contributed by atoms with Gasteiger partial charge in [0.05, 0.1) is 0 Å². The maximum absolute atomic E-state index is 8.59. The van der Waals surface area contributed by atoms with Crippen molar-refractivity contribution in [3.63, 3.8) is 0 Å². The summed E-state index contributed by atoms with van der Waals surface area (Å²) in [6.45, 7) is 0. The molecule has 0 rings (SSSR count). The third-order valence-electron chi connectivity index (χ3n) is 0. The van der Waals surface area contributed by atoms with E-state index in [0.717, 1.165) is 0 Å². The Morgan fingerprint density at radius 2 is 0.846 bits per heavy atom. The van der Waals surface area contributed by atoms with Crippen molar-refractivity contribution in [2.24, 2.45) is 0 Å². The molecule has 13 heavy (non-hydrogen) atoms. The summed E-state index contributed by atoms with van der Waals surface area (Å²) in [5.41, 5.74) is 0. The van der Waals surface area contributed by atoms with Gasteiger partial charge in [-0.05, 0) is 0 Å². The van der Waals surface area contributed by atoms with Crippen molar-refractivity contribution in [1.82, 2.24) is 0 Å². The molecule has 0 aromatic rings. The summed E-state index contributed by atoms with van der Waals surface area (Å²) >= 11 is -5.75.